The number of hydrogen-bond donors (Lipinski definition) is 0. The molecular formula is C7H11Br. The molecule has 0 aromatic carbocycles. The van der Waals surface area contributed by atoms with Crippen LogP contribution in [0.2, 0.25) is 0 Å². The summed E-state index contributed by atoms with van der Waals surface area (Å²) >= 11 is 3.39. The third-order valence-corrected chi connectivity index (χ3v) is 2.57. The van der Waals surface area contributed by atoms with Crippen molar-refractivity contribution in [2.75, 3.05) is 5.33 Å². The van der Waals surface area contributed by atoms with E-state index in [9.17, 15) is 0 Å². The number of alkyl halides is 1. The second-order valence-corrected chi connectivity index (χ2v) is 2.98. The summed E-state index contributed by atoms with van der Waals surface area (Å²) < 4.78 is 0. The van der Waals surface area contributed by atoms with Gasteiger partial charge in [0.1, 0.15) is 0 Å². The molecule has 1 fully saturated rings. The fourth-order valence-electron chi connectivity index (χ4n) is 0.926. The first-order chi connectivity index (χ1) is 3.84. The van der Waals surface area contributed by atoms with Gasteiger partial charge in [-0.3, -0.25) is 0 Å². The lowest BCUT2D eigenvalue weighted by molar-refractivity contribution is 0.370. The van der Waals surface area contributed by atoms with Gasteiger partial charge in [0.2, 0.25) is 0 Å². The van der Waals surface area contributed by atoms with Gasteiger partial charge in [0, 0.05) is 5.33 Å². The fourth-order valence-corrected chi connectivity index (χ4v) is 1.38. The summed E-state index contributed by atoms with van der Waals surface area (Å²) in [5.41, 5.74) is 1.39. The highest BCUT2D eigenvalue weighted by Gasteiger charge is 2.18. The van der Waals surface area contributed by atoms with E-state index < -0.39 is 0 Å². The Balaban J connectivity index is 2.24. The molecule has 0 unspecified atom stereocenters. The zero-order chi connectivity index (χ0) is 5.98. The van der Waals surface area contributed by atoms with Gasteiger partial charge in [0.25, 0.3) is 0 Å². The normalized spacial score (nSPS) is 20.1. The Hall–Kier alpha value is 0.220. The van der Waals surface area contributed by atoms with Gasteiger partial charge in [-0.1, -0.05) is 34.5 Å². The molecular weight excluding hydrogens is 164 g/mol. The van der Waals surface area contributed by atoms with Crippen molar-refractivity contribution in [3.8, 4) is 0 Å². The zero-order valence-electron chi connectivity index (χ0n) is 4.99. The van der Waals surface area contributed by atoms with Gasteiger partial charge < -0.3 is 0 Å². The highest BCUT2D eigenvalue weighted by molar-refractivity contribution is 9.09. The van der Waals surface area contributed by atoms with Gasteiger partial charge in [-0.25, -0.2) is 0 Å². The maximum atomic E-state index is 3.95. The Labute approximate surface area is 59.1 Å². The molecule has 1 aliphatic rings. The first kappa shape index (κ1) is 6.34. The molecule has 0 N–H and O–H groups in total. The predicted octanol–water partition coefficient (Wildman–Crippen LogP) is 2.74. The van der Waals surface area contributed by atoms with Crippen LogP contribution in [0.3, 0.4) is 0 Å². The van der Waals surface area contributed by atoms with Crippen LogP contribution < -0.4 is 0 Å². The monoisotopic (exact) mass is 174 g/mol. The van der Waals surface area contributed by atoms with Gasteiger partial charge in [-0.05, 0) is 18.8 Å². The topological polar surface area (TPSA) is 0 Å². The van der Waals surface area contributed by atoms with Crippen LogP contribution in [0, 0.1) is 5.92 Å². The second kappa shape index (κ2) is 2.67. The van der Waals surface area contributed by atoms with Crippen molar-refractivity contribution in [2.24, 2.45) is 5.92 Å². The fraction of sp³-hybridized carbons (Fsp3) is 0.714. The van der Waals surface area contributed by atoms with Crippen molar-refractivity contribution in [1.29, 1.82) is 0 Å². The third kappa shape index (κ3) is 1.13. The SMILES string of the molecule is C=C(CBr)C1CCC1. The lowest BCUT2D eigenvalue weighted by Crippen LogP contribution is -2.13. The molecule has 0 bridgehead atoms. The van der Waals surface area contributed by atoms with E-state index in [0.29, 0.717) is 0 Å². The van der Waals surface area contributed by atoms with Crippen LogP contribution in [0.4, 0.5) is 0 Å². The zero-order valence-corrected chi connectivity index (χ0v) is 6.58. The molecule has 0 nitrogen and oxygen atoms in total. The van der Waals surface area contributed by atoms with Gasteiger partial charge in [-0.2, -0.15) is 0 Å². The van der Waals surface area contributed by atoms with E-state index >= 15 is 0 Å². The standard InChI is InChI=1S/C7H11Br/c1-6(5-8)7-3-2-4-7/h7H,1-5H2. The highest BCUT2D eigenvalue weighted by Crippen LogP contribution is 2.32. The molecule has 1 saturated carbocycles. The molecule has 0 spiro atoms. The summed E-state index contributed by atoms with van der Waals surface area (Å²) in [6.45, 7) is 3.95. The summed E-state index contributed by atoms with van der Waals surface area (Å²) in [6.07, 6.45) is 4.17. The lowest BCUT2D eigenvalue weighted by atomic mass is 9.81. The molecule has 0 aromatic heterocycles. The van der Waals surface area contributed by atoms with Gasteiger partial charge in [-0.15, -0.1) is 0 Å². The Kier molecular flexibility index (Phi) is 2.12. The van der Waals surface area contributed by atoms with Crippen LogP contribution in [-0.2, 0) is 0 Å². The summed E-state index contributed by atoms with van der Waals surface area (Å²) in [5, 5.41) is 0.998. The Bertz CT molecular complexity index is 92.6. The van der Waals surface area contributed by atoms with E-state index in [1.165, 1.54) is 24.8 Å². The van der Waals surface area contributed by atoms with Crippen LogP contribution >= 0.6 is 15.9 Å². The van der Waals surface area contributed by atoms with E-state index in [0.717, 1.165) is 11.2 Å². The molecule has 1 aliphatic carbocycles. The van der Waals surface area contributed by atoms with Crippen LogP contribution in [0.5, 0.6) is 0 Å². The maximum absolute atomic E-state index is 3.95. The number of hydrogen-bond acceptors (Lipinski definition) is 0. The van der Waals surface area contributed by atoms with Crippen LogP contribution in [0.1, 0.15) is 19.3 Å². The van der Waals surface area contributed by atoms with Gasteiger partial charge in [0.15, 0.2) is 0 Å². The lowest BCUT2D eigenvalue weighted by Gasteiger charge is -2.26. The minimum atomic E-state index is 0.856. The minimum absolute atomic E-state index is 0.856. The van der Waals surface area contributed by atoms with Crippen molar-refractivity contribution in [1.82, 2.24) is 0 Å². The average Bonchev–Trinajstić information content (AvgIpc) is 1.62. The van der Waals surface area contributed by atoms with E-state index in [-0.39, 0.29) is 0 Å². The molecule has 8 heavy (non-hydrogen) atoms. The van der Waals surface area contributed by atoms with E-state index in [1.54, 1.807) is 0 Å². The molecule has 46 valence electrons. The molecule has 1 heteroatoms. The van der Waals surface area contributed by atoms with Crippen molar-refractivity contribution in [3.05, 3.63) is 12.2 Å². The minimum Gasteiger partial charge on any atom is -0.0987 e. The van der Waals surface area contributed by atoms with Crippen molar-refractivity contribution < 1.29 is 0 Å². The maximum Gasteiger partial charge on any atom is 0.0241 e. The van der Waals surface area contributed by atoms with Crippen LogP contribution in [0.15, 0.2) is 12.2 Å². The van der Waals surface area contributed by atoms with Crippen LogP contribution in [0.25, 0.3) is 0 Å². The first-order valence-corrected chi connectivity index (χ1v) is 4.20. The smallest absolute Gasteiger partial charge is 0.0241 e. The first-order valence-electron chi connectivity index (χ1n) is 3.08. The number of halogens is 1. The summed E-state index contributed by atoms with van der Waals surface area (Å²) in [6, 6.07) is 0. The average molecular weight is 175 g/mol. The van der Waals surface area contributed by atoms with E-state index in [4.69, 9.17) is 0 Å². The Morgan fingerprint density at radius 1 is 1.62 bits per heavy atom. The van der Waals surface area contributed by atoms with Gasteiger partial charge >= 0.3 is 0 Å². The molecule has 0 aromatic rings. The third-order valence-electron chi connectivity index (χ3n) is 1.85. The largest absolute Gasteiger partial charge is 0.0987 e. The summed E-state index contributed by atoms with van der Waals surface area (Å²) in [4.78, 5) is 0. The molecule has 0 atom stereocenters. The van der Waals surface area contributed by atoms with E-state index in [2.05, 4.69) is 22.5 Å². The summed E-state index contributed by atoms with van der Waals surface area (Å²) in [7, 11) is 0. The molecule has 0 amide bonds. The van der Waals surface area contributed by atoms with Crippen molar-refractivity contribution in [2.45, 2.75) is 19.3 Å². The molecule has 1 rings (SSSR count). The predicted molar refractivity (Wildman–Crippen MR) is 40.3 cm³/mol. The van der Waals surface area contributed by atoms with Crippen molar-refractivity contribution in [3.63, 3.8) is 0 Å². The molecule has 0 aliphatic heterocycles. The Morgan fingerprint density at radius 3 is 2.38 bits per heavy atom. The second-order valence-electron chi connectivity index (χ2n) is 2.42. The Morgan fingerprint density at radius 2 is 2.25 bits per heavy atom. The van der Waals surface area contributed by atoms with Crippen LogP contribution in [-0.4, -0.2) is 5.33 Å². The quantitative estimate of drug-likeness (QED) is 0.447. The molecule has 0 heterocycles. The highest BCUT2D eigenvalue weighted by atomic mass is 79.9. The van der Waals surface area contributed by atoms with Crippen molar-refractivity contribution >= 4 is 15.9 Å². The molecule has 0 saturated heterocycles. The molecule has 0 radical (unpaired) electrons. The summed E-state index contributed by atoms with van der Waals surface area (Å²) in [5.74, 6) is 0.856. The number of rotatable bonds is 2. The van der Waals surface area contributed by atoms with E-state index in [1.807, 2.05) is 0 Å². The van der Waals surface area contributed by atoms with Gasteiger partial charge in [0.05, 0.1) is 0 Å². The number of allylic oxidation sites excluding steroid dienone is 1.